The first-order valence-electron chi connectivity index (χ1n) is 44.8. The molecule has 0 spiro atoms. The molecule has 18 aromatic rings. The molecule has 0 aliphatic rings. The summed E-state index contributed by atoms with van der Waals surface area (Å²) < 4.78 is 143. The fourth-order valence-electron chi connectivity index (χ4n) is 14.1. The largest absolute Gasteiger partial charge is 3.00 e. The van der Waals surface area contributed by atoms with Gasteiger partial charge in [0, 0.05) is 151 Å². The summed E-state index contributed by atoms with van der Waals surface area (Å²) in [4.78, 5) is 57.4. The van der Waals surface area contributed by atoms with Crippen molar-refractivity contribution in [3.05, 3.63) is 405 Å². The molecule has 0 N–H and O–H groups in total. The average molecular weight is 2860 g/mol. The van der Waals surface area contributed by atoms with Crippen molar-refractivity contribution in [2.45, 2.75) is 129 Å². The number of aryl methyl sites for hydroxylation is 1. The SMILES string of the molecule is CC(C)(c1cccc(-n2[c-]cc(C(F)(F)F)n2)n1)c1cccc(-n2[c-]cc(C(F)(F)F)n2)n1.CCc1cccc(-c2[c-]cccc2)n1.FCc1cccc(-n2[c-]cc(C(F)(F)F)n2)n1.[Ir+3].[Ir].[Ir].[Ir].[Pt+2].[c-]1ccccc1-c1cccc(-c2[c-]cc(OCCCCCCCCOc3cccnc3-c3[c-]c(-c4ccccn4)ccc3)cc2)n1.c1ccc(CN(CCCN(Cc2ncc[n-]2)C[n+]2ccc[n-]2)Cc2ncc[n-]2)nc1. The summed E-state index contributed by atoms with van der Waals surface area (Å²) in [5.74, 6) is 3.61. The van der Waals surface area contributed by atoms with Crippen molar-refractivity contribution in [1.82, 2.24) is 104 Å². The van der Waals surface area contributed by atoms with E-state index >= 15 is 0 Å². The number of ether oxygens (including phenoxy) is 2. The molecule has 14 aromatic heterocycles. The van der Waals surface area contributed by atoms with Gasteiger partial charge in [0.05, 0.1) is 59.1 Å². The van der Waals surface area contributed by atoms with Crippen LogP contribution in [0.2, 0.25) is 0 Å². The monoisotopic (exact) mass is 2860 g/mol. The third-order valence-electron chi connectivity index (χ3n) is 21.3. The van der Waals surface area contributed by atoms with Crippen molar-refractivity contribution in [3.63, 3.8) is 0 Å². The number of benzene rings is 4. The van der Waals surface area contributed by atoms with Gasteiger partial charge in [-0.3, -0.25) is 54.8 Å². The average Bonchev–Trinajstić information content (AvgIpc) is 1.77. The molecule has 0 aliphatic heterocycles. The molecular formula is C106H93F10Ir4N22O2Pt-4. The van der Waals surface area contributed by atoms with Gasteiger partial charge < -0.3 is 58.5 Å². The molecule has 0 amide bonds. The van der Waals surface area contributed by atoms with Gasteiger partial charge in [0.2, 0.25) is 0 Å². The predicted molar refractivity (Wildman–Crippen MR) is 502 cm³/mol. The minimum atomic E-state index is -4.61. The summed E-state index contributed by atoms with van der Waals surface area (Å²) >= 11 is 0. The van der Waals surface area contributed by atoms with Gasteiger partial charge in [-0.15, -0.1) is 150 Å². The Morgan fingerprint density at radius 2 is 0.876 bits per heavy atom. The Kier molecular flexibility index (Phi) is 46.4. The van der Waals surface area contributed by atoms with Gasteiger partial charge in [0.1, 0.15) is 12.4 Å². The first kappa shape index (κ1) is 116. The summed E-state index contributed by atoms with van der Waals surface area (Å²) in [5.41, 5.74) is 8.37. The van der Waals surface area contributed by atoms with E-state index < -0.39 is 47.7 Å². The third kappa shape index (κ3) is 35.4. The maximum absolute atomic E-state index is 12.9. The molecule has 0 fully saturated rings. The molecule has 24 nitrogen and oxygen atoms in total. The second-order valence-corrected chi connectivity index (χ2v) is 31.9. The van der Waals surface area contributed by atoms with E-state index in [1.165, 1.54) is 43.2 Å². The van der Waals surface area contributed by atoms with Crippen LogP contribution >= 0.6 is 0 Å². The van der Waals surface area contributed by atoms with Gasteiger partial charge >= 0.3 is 59.7 Å². The number of nitrogens with zero attached hydrogens (tertiary/aromatic N) is 22. The van der Waals surface area contributed by atoms with Crippen molar-refractivity contribution < 1.29 is 160 Å². The molecule has 4 aromatic carbocycles. The van der Waals surface area contributed by atoms with Gasteiger partial charge in [-0.25, -0.2) is 9.29 Å². The maximum atomic E-state index is 12.9. The molecule has 0 saturated carbocycles. The number of halogens is 10. The smallest absolute Gasteiger partial charge is 0.537 e. The molecule has 39 heteroatoms. The zero-order valence-electron chi connectivity index (χ0n) is 78.0. The molecule has 3 radical (unpaired) electrons. The van der Waals surface area contributed by atoms with Crippen LogP contribution in [0.25, 0.3) is 73.7 Å². The quantitative estimate of drug-likeness (QED) is 0.0155. The number of alkyl halides is 10. The second kappa shape index (κ2) is 58.0. The third-order valence-corrected chi connectivity index (χ3v) is 21.3. The Morgan fingerprint density at radius 3 is 1.39 bits per heavy atom. The van der Waals surface area contributed by atoms with Crippen LogP contribution in [0.3, 0.4) is 0 Å². The summed E-state index contributed by atoms with van der Waals surface area (Å²) in [7, 11) is 0. The minimum absolute atomic E-state index is 0. The second-order valence-electron chi connectivity index (χ2n) is 31.9. The molecule has 0 unspecified atom stereocenters. The van der Waals surface area contributed by atoms with Gasteiger partial charge in [-0.1, -0.05) is 184 Å². The summed E-state index contributed by atoms with van der Waals surface area (Å²) in [6.07, 6.45) is 18.1. The van der Waals surface area contributed by atoms with Crippen LogP contribution in [-0.2, 0) is 165 Å². The van der Waals surface area contributed by atoms with Gasteiger partial charge in [-0.2, -0.15) is 39.5 Å². The number of hydrogen-bond acceptors (Lipinski definition) is 17. The van der Waals surface area contributed by atoms with Crippen LogP contribution in [0.4, 0.5) is 43.9 Å². The molecule has 14 heterocycles. The zero-order chi connectivity index (χ0) is 98.0. The van der Waals surface area contributed by atoms with Crippen molar-refractivity contribution in [2.75, 3.05) is 26.3 Å². The number of rotatable bonds is 35. The van der Waals surface area contributed by atoms with E-state index in [4.69, 9.17) is 14.5 Å². The Hall–Kier alpha value is -12.6. The molecule has 0 atom stereocenters. The Morgan fingerprint density at radius 1 is 0.393 bits per heavy atom. The number of imidazole rings is 2. The van der Waals surface area contributed by atoms with Crippen LogP contribution in [0.1, 0.15) is 123 Å². The molecule has 0 bridgehead atoms. The number of pyridine rings is 8. The van der Waals surface area contributed by atoms with Gasteiger partial charge in [0.25, 0.3) is 0 Å². The molecule has 145 heavy (non-hydrogen) atoms. The van der Waals surface area contributed by atoms with E-state index in [-0.39, 0.29) is 125 Å². The number of unbranched alkanes of at least 4 members (excludes halogenated alkanes) is 5. The number of hydrogen-bond donors (Lipinski definition) is 0. The fraction of sp³-hybridized carbons (Fsp3) is 0.226. The molecule has 18 rings (SSSR count). The van der Waals surface area contributed by atoms with Gasteiger partial charge in [0.15, 0.2) is 12.9 Å². The zero-order valence-corrected chi connectivity index (χ0v) is 89.8. The van der Waals surface area contributed by atoms with Crippen molar-refractivity contribution in [1.29, 1.82) is 0 Å². The van der Waals surface area contributed by atoms with E-state index in [1.54, 1.807) is 81.5 Å². The van der Waals surface area contributed by atoms with Crippen LogP contribution in [-0.4, -0.2) is 115 Å². The fourth-order valence-corrected chi connectivity index (χ4v) is 14.1. The van der Waals surface area contributed by atoms with E-state index in [9.17, 15) is 43.9 Å². The number of aromatic nitrogens is 20. The maximum Gasteiger partial charge on any atom is 3.00 e. The van der Waals surface area contributed by atoms with Crippen LogP contribution in [0.5, 0.6) is 11.5 Å². The van der Waals surface area contributed by atoms with Crippen molar-refractivity contribution in [3.8, 4) is 85.2 Å². The first-order chi connectivity index (χ1) is 67.9. The van der Waals surface area contributed by atoms with E-state index in [1.807, 2.05) is 187 Å². The van der Waals surface area contributed by atoms with Crippen molar-refractivity contribution >= 4 is 0 Å². The van der Waals surface area contributed by atoms with Crippen LogP contribution in [0.15, 0.2) is 304 Å². The van der Waals surface area contributed by atoms with E-state index in [0.717, 1.165) is 175 Å². The van der Waals surface area contributed by atoms with Gasteiger partial charge in [-0.05, 0) is 117 Å². The summed E-state index contributed by atoms with van der Waals surface area (Å²) in [6, 6.07) is 86.8. The van der Waals surface area contributed by atoms with Crippen LogP contribution < -0.4 is 29.2 Å². The first-order valence-corrected chi connectivity index (χ1v) is 44.8. The minimum Gasteiger partial charge on any atom is -0.537 e. The molecule has 759 valence electrons. The molecular weight excluding hydrogens is 2770 g/mol. The normalized spacial score (nSPS) is 11.1. The topological polar surface area (TPSA) is 253 Å². The van der Waals surface area contributed by atoms with E-state index in [0.29, 0.717) is 50.4 Å². The standard InChI is InChI=1S/C41H36N3O2.C21H14F6N6.C21H25N9.C13H12N.C10H6F4N3.4Ir.Pt/c1(3-10-29-45-36-25-23-33(24-26-36)39-21-13-20-38(44-39)32-15-6-5-7-16-32)2-4-11-30-46-40-22-14-28-43-41(40)35-18-12-17-34(31-35)37-19-8-9-27-42-37;1-19(2,13-5-3-7-17(28-13)32-11-9-15(30-32)20(22,23)24)14-6-4-8-18(29-14)33-12-10-16(31-33)21(25,26)27;1-2-6-22-19(5-1)15-28(16-20-23-8-9-24-20)12-4-13-29(17-21-25-10-11-26-21)18-30-14-3-7-27-30;1-2-12-9-6-10-13(14-12)11-7-4-3-5-8-11;11-6-7-2-1-3-9(15-7)17-5-4-8(16-17)10(12,13)14;;;;;/h5-9,12-15,17-23,25-28H,1-4,10-11,29-30H2;3-10H,1-2H3;1-3,5-11,14H,4,12-13,15-18H2;3-7,9-10H,2H2,1H3;1-4H,6H2;;;;;/q-3;2*-2;2*-1;;;;+3;+2. The Bertz CT molecular complexity index is 6630. The Balaban J connectivity index is 0.000000211. The Labute approximate surface area is 901 Å². The summed E-state index contributed by atoms with van der Waals surface area (Å²) in [5, 5.41) is 14.6. The van der Waals surface area contributed by atoms with Crippen molar-refractivity contribution in [2.24, 2.45) is 0 Å². The van der Waals surface area contributed by atoms with E-state index in [2.05, 4.69) is 141 Å². The summed E-state index contributed by atoms with van der Waals surface area (Å²) in [6.45, 7) is 10.9. The molecule has 0 aliphatic carbocycles. The van der Waals surface area contributed by atoms with Crippen LogP contribution in [0, 0.1) is 42.9 Å². The predicted octanol–water partition coefficient (Wildman–Crippen LogP) is 20.8. The molecule has 0 saturated heterocycles.